The molecule has 2 aromatic rings. The van der Waals surface area contributed by atoms with Crippen molar-refractivity contribution >= 4 is 34.8 Å². The molecule has 0 radical (unpaired) electrons. The number of anilines is 2. The van der Waals surface area contributed by atoms with Gasteiger partial charge in [-0.25, -0.2) is 0 Å². The van der Waals surface area contributed by atoms with Crippen LogP contribution in [0.1, 0.15) is 15.9 Å². The van der Waals surface area contributed by atoms with Gasteiger partial charge in [0.25, 0.3) is 0 Å². The van der Waals surface area contributed by atoms with Gasteiger partial charge in [-0.2, -0.15) is 0 Å². The molecule has 0 aliphatic rings. The Morgan fingerprint density at radius 1 is 0.966 bits per heavy atom. The fraction of sp³-hybridized carbons (Fsp3) is 0.286. The predicted octanol–water partition coefficient (Wildman–Crippen LogP) is 3.83. The van der Waals surface area contributed by atoms with Crippen LogP contribution in [0, 0.1) is 0 Å². The van der Waals surface area contributed by atoms with E-state index >= 15 is 0 Å². The molecule has 156 valence electrons. The number of ether oxygens (including phenoxy) is 4. The average Bonchev–Trinajstić information content (AvgIpc) is 2.71. The van der Waals surface area contributed by atoms with Crippen LogP contribution in [0.3, 0.4) is 0 Å². The number of allylic oxidation sites excluding steroid dienone is 1. The molecule has 0 amide bonds. The number of nitrogens with two attached hydrogens (primary N) is 1. The average molecular weight is 421 g/mol. The van der Waals surface area contributed by atoms with Crippen LogP contribution in [0.2, 0.25) is 0 Å². The Morgan fingerprint density at radius 2 is 1.59 bits per heavy atom. The number of hydrogen-bond acceptors (Lipinski definition) is 7. The first kappa shape index (κ1) is 22.2. The third-order valence-corrected chi connectivity index (χ3v) is 4.57. The van der Waals surface area contributed by atoms with Gasteiger partial charge in [0, 0.05) is 25.2 Å². The van der Waals surface area contributed by atoms with Crippen LogP contribution < -0.4 is 29.6 Å². The fourth-order valence-electron chi connectivity index (χ4n) is 2.88. The summed E-state index contributed by atoms with van der Waals surface area (Å²) < 4.78 is 21.6. The largest absolute Gasteiger partial charge is 0.493 e. The number of hydrogen-bond donors (Lipinski definition) is 1. The van der Waals surface area contributed by atoms with Gasteiger partial charge in [0.2, 0.25) is 17.3 Å². The summed E-state index contributed by atoms with van der Waals surface area (Å²) >= 11 is 6.36. The molecule has 0 fully saturated rings. The topological polar surface area (TPSA) is 83.3 Å². The maximum Gasteiger partial charge on any atom is 0.207 e. The van der Waals surface area contributed by atoms with E-state index in [-0.39, 0.29) is 10.8 Å². The zero-order valence-electron chi connectivity index (χ0n) is 17.3. The standard InChI is InChI=1S/C21H25ClN2O5/c1-24(2)16-10-12(7-8-15(16)23)18(25)14(22)9-13-11-17(26-3)20(28-5)21(29-6)19(13)27-4/h7-11H,23H2,1-6H3/b14-9+. The van der Waals surface area contributed by atoms with Crippen LogP contribution in [-0.2, 0) is 0 Å². The minimum atomic E-state index is -0.356. The van der Waals surface area contributed by atoms with E-state index in [0.717, 1.165) is 5.69 Å². The van der Waals surface area contributed by atoms with Gasteiger partial charge in [-0.3, -0.25) is 4.79 Å². The lowest BCUT2D eigenvalue weighted by atomic mass is 10.1. The van der Waals surface area contributed by atoms with Crippen LogP contribution in [0.25, 0.3) is 6.08 Å². The first-order chi connectivity index (χ1) is 13.8. The van der Waals surface area contributed by atoms with E-state index in [0.29, 0.717) is 39.8 Å². The highest BCUT2D eigenvalue weighted by Crippen LogP contribution is 2.47. The molecule has 0 aromatic heterocycles. The maximum atomic E-state index is 12.9. The first-order valence-corrected chi connectivity index (χ1v) is 9.02. The fourth-order valence-corrected chi connectivity index (χ4v) is 3.11. The Morgan fingerprint density at radius 3 is 2.10 bits per heavy atom. The van der Waals surface area contributed by atoms with Crippen LogP contribution >= 0.6 is 11.6 Å². The molecule has 29 heavy (non-hydrogen) atoms. The number of Topliss-reactive ketones (excluding diaryl/α,β-unsaturated/α-hetero) is 1. The van der Waals surface area contributed by atoms with E-state index in [1.807, 2.05) is 19.0 Å². The molecule has 7 nitrogen and oxygen atoms in total. The number of nitrogen functional groups attached to an aromatic ring is 1. The molecule has 0 atom stereocenters. The number of rotatable bonds is 8. The van der Waals surface area contributed by atoms with Gasteiger partial charge in [0.1, 0.15) is 0 Å². The number of carbonyl (C=O) groups excluding carboxylic acids is 1. The van der Waals surface area contributed by atoms with Gasteiger partial charge in [-0.1, -0.05) is 11.6 Å². The Labute approximate surface area is 175 Å². The Kier molecular flexibility index (Phi) is 7.23. The number of carbonyl (C=O) groups is 1. The Bertz CT molecular complexity index is 941. The van der Waals surface area contributed by atoms with Gasteiger partial charge < -0.3 is 29.6 Å². The summed E-state index contributed by atoms with van der Waals surface area (Å²) in [6, 6.07) is 6.66. The van der Waals surface area contributed by atoms with Crippen molar-refractivity contribution < 1.29 is 23.7 Å². The van der Waals surface area contributed by atoms with Gasteiger partial charge in [-0.15, -0.1) is 0 Å². The molecule has 2 rings (SSSR count). The normalized spacial score (nSPS) is 11.1. The van der Waals surface area contributed by atoms with E-state index in [4.69, 9.17) is 36.3 Å². The molecule has 0 heterocycles. The molecule has 0 unspecified atom stereocenters. The van der Waals surface area contributed by atoms with E-state index < -0.39 is 0 Å². The molecule has 2 N–H and O–H groups in total. The number of nitrogens with zero attached hydrogens (tertiary/aromatic N) is 1. The zero-order chi connectivity index (χ0) is 21.7. The second-order valence-corrected chi connectivity index (χ2v) is 6.66. The van der Waals surface area contributed by atoms with E-state index in [1.54, 1.807) is 24.3 Å². The van der Waals surface area contributed by atoms with Crippen LogP contribution in [0.5, 0.6) is 23.0 Å². The zero-order valence-corrected chi connectivity index (χ0v) is 18.1. The summed E-state index contributed by atoms with van der Waals surface area (Å²) in [7, 11) is 9.66. The summed E-state index contributed by atoms with van der Waals surface area (Å²) in [5, 5.41) is -0.00736. The highest BCUT2D eigenvalue weighted by molar-refractivity contribution is 6.47. The van der Waals surface area contributed by atoms with Crippen molar-refractivity contribution in [3.63, 3.8) is 0 Å². The molecule has 0 spiro atoms. The van der Waals surface area contributed by atoms with Gasteiger partial charge in [0.15, 0.2) is 11.5 Å². The molecular formula is C21H25ClN2O5. The maximum absolute atomic E-state index is 12.9. The van der Waals surface area contributed by atoms with Crippen molar-refractivity contribution in [2.24, 2.45) is 0 Å². The second-order valence-electron chi connectivity index (χ2n) is 6.26. The molecule has 0 saturated heterocycles. The molecule has 8 heteroatoms. The minimum Gasteiger partial charge on any atom is -0.493 e. The van der Waals surface area contributed by atoms with E-state index in [1.165, 1.54) is 34.5 Å². The number of methoxy groups -OCH3 is 4. The molecule has 0 aliphatic heterocycles. The Balaban J connectivity index is 2.56. The number of ketones is 1. The SMILES string of the molecule is COc1cc(/C=C(/Cl)C(=O)c2ccc(N)c(N(C)C)c2)c(OC)c(OC)c1OC. The third kappa shape index (κ3) is 4.51. The van der Waals surface area contributed by atoms with Crippen molar-refractivity contribution in [1.29, 1.82) is 0 Å². The minimum absolute atomic E-state index is 0.00736. The van der Waals surface area contributed by atoms with Crippen molar-refractivity contribution in [3.8, 4) is 23.0 Å². The molecule has 2 aromatic carbocycles. The summed E-state index contributed by atoms with van der Waals surface area (Å²) in [5.74, 6) is 1.13. The lowest BCUT2D eigenvalue weighted by Crippen LogP contribution is -2.12. The van der Waals surface area contributed by atoms with Crippen LogP contribution in [0.15, 0.2) is 29.3 Å². The third-order valence-electron chi connectivity index (χ3n) is 4.29. The monoisotopic (exact) mass is 420 g/mol. The number of halogens is 1. The van der Waals surface area contributed by atoms with Crippen molar-refractivity contribution in [2.75, 3.05) is 53.2 Å². The smallest absolute Gasteiger partial charge is 0.207 e. The van der Waals surface area contributed by atoms with E-state index in [9.17, 15) is 4.79 Å². The summed E-state index contributed by atoms with van der Waals surface area (Å²) in [6.45, 7) is 0. The summed E-state index contributed by atoms with van der Waals surface area (Å²) in [6.07, 6.45) is 1.50. The van der Waals surface area contributed by atoms with E-state index in [2.05, 4.69) is 0 Å². The van der Waals surface area contributed by atoms with Crippen LogP contribution in [-0.4, -0.2) is 48.3 Å². The quantitative estimate of drug-likeness (QED) is 0.394. The molecule has 0 aliphatic carbocycles. The van der Waals surface area contributed by atoms with Gasteiger partial charge >= 0.3 is 0 Å². The molecular weight excluding hydrogens is 396 g/mol. The first-order valence-electron chi connectivity index (χ1n) is 8.64. The van der Waals surface area contributed by atoms with Crippen molar-refractivity contribution in [3.05, 3.63) is 40.4 Å². The second kappa shape index (κ2) is 9.43. The lowest BCUT2D eigenvalue weighted by Gasteiger charge is -2.17. The van der Waals surface area contributed by atoms with Gasteiger partial charge in [-0.05, 0) is 30.3 Å². The highest BCUT2D eigenvalue weighted by Gasteiger charge is 2.22. The lowest BCUT2D eigenvalue weighted by molar-refractivity contribution is 0.104. The van der Waals surface area contributed by atoms with Crippen molar-refractivity contribution in [2.45, 2.75) is 0 Å². The summed E-state index contributed by atoms with van der Waals surface area (Å²) in [5.41, 5.74) is 8.17. The Hall–Kier alpha value is -3.06. The highest BCUT2D eigenvalue weighted by atomic mass is 35.5. The summed E-state index contributed by atoms with van der Waals surface area (Å²) in [4.78, 5) is 14.7. The molecule has 0 bridgehead atoms. The van der Waals surface area contributed by atoms with Crippen LogP contribution in [0.4, 0.5) is 11.4 Å². The predicted molar refractivity (Wildman–Crippen MR) is 116 cm³/mol. The number of benzene rings is 2. The van der Waals surface area contributed by atoms with Crippen molar-refractivity contribution in [1.82, 2.24) is 0 Å². The molecule has 0 saturated carbocycles. The van der Waals surface area contributed by atoms with Gasteiger partial charge in [0.05, 0.1) is 44.8 Å².